The van der Waals surface area contributed by atoms with Gasteiger partial charge in [0.25, 0.3) is 0 Å². The molecule has 2 rings (SSSR count). The summed E-state index contributed by atoms with van der Waals surface area (Å²) in [6.45, 7) is 10.4. The molecule has 1 atom stereocenters. The Hall–Kier alpha value is -1.58. The second-order valence-corrected chi connectivity index (χ2v) is 6.72. The van der Waals surface area contributed by atoms with Crippen molar-refractivity contribution in [1.82, 2.24) is 4.98 Å². The third-order valence-corrected chi connectivity index (χ3v) is 3.55. The number of rotatable bonds is 3. The SMILES string of the molecule is CC1=CC(OC(=O)c2ncoc2C(C)C)CC(C)(C)C1. The van der Waals surface area contributed by atoms with Crippen LogP contribution in [-0.2, 0) is 4.74 Å². The summed E-state index contributed by atoms with van der Waals surface area (Å²) in [7, 11) is 0. The van der Waals surface area contributed by atoms with Gasteiger partial charge in [-0.25, -0.2) is 9.78 Å². The van der Waals surface area contributed by atoms with Crippen molar-refractivity contribution in [2.45, 2.75) is 59.5 Å². The molecule has 4 nitrogen and oxygen atoms in total. The summed E-state index contributed by atoms with van der Waals surface area (Å²) in [5.74, 6) is 0.306. The fraction of sp³-hybridized carbons (Fsp3) is 0.625. The number of hydrogen-bond donors (Lipinski definition) is 0. The Labute approximate surface area is 120 Å². The fourth-order valence-corrected chi connectivity index (χ4v) is 2.89. The van der Waals surface area contributed by atoms with Gasteiger partial charge in [0.2, 0.25) is 0 Å². The zero-order chi connectivity index (χ0) is 14.9. The van der Waals surface area contributed by atoms with Crippen LogP contribution >= 0.6 is 0 Å². The number of nitrogens with zero attached hydrogens (tertiary/aromatic N) is 1. The normalized spacial score (nSPS) is 21.7. The molecule has 1 aliphatic carbocycles. The molecule has 20 heavy (non-hydrogen) atoms. The van der Waals surface area contributed by atoms with Gasteiger partial charge < -0.3 is 9.15 Å². The smallest absolute Gasteiger partial charge is 0.361 e. The first kappa shape index (κ1) is 14.8. The van der Waals surface area contributed by atoms with E-state index >= 15 is 0 Å². The van der Waals surface area contributed by atoms with Crippen LogP contribution in [-0.4, -0.2) is 17.1 Å². The standard InChI is InChI=1S/C16H23NO3/c1-10(2)14-13(17-9-19-14)15(18)20-12-6-11(3)7-16(4,5)8-12/h6,9-10,12H,7-8H2,1-5H3. The molecular formula is C16H23NO3. The van der Waals surface area contributed by atoms with E-state index in [-0.39, 0.29) is 17.4 Å². The van der Waals surface area contributed by atoms with E-state index in [1.807, 2.05) is 19.9 Å². The molecule has 0 radical (unpaired) electrons. The van der Waals surface area contributed by atoms with Gasteiger partial charge in [0.05, 0.1) is 0 Å². The van der Waals surface area contributed by atoms with E-state index in [1.54, 1.807) is 0 Å². The van der Waals surface area contributed by atoms with Crippen molar-refractivity contribution in [2.24, 2.45) is 5.41 Å². The quantitative estimate of drug-likeness (QED) is 0.617. The van der Waals surface area contributed by atoms with Crippen LogP contribution in [0.2, 0.25) is 0 Å². The molecule has 0 spiro atoms. The van der Waals surface area contributed by atoms with E-state index in [0.717, 1.165) is 12.8 Å². The van der Waals surface area contributed by atoms with Crippen molar-refractivity contribution in [2.75, 3.05) is 0 Å². The van der Waals surface area contributed by atoms with Crippen LogP contribution in [0.25, 0.3) is 0 Å². The number of allylic oxidation sites excluding steroid dienone is 1. The summed E-state index contributed by atoms with van der Waals surface area (Å²) >= 11 is 0. The zero-order valence-corrected chi connectivity index (χ0v) is 12.9. The molecule has 1 aromatic rings. The minimum Gasteiger partial charge on any atom is -0.453 e. The average Bonchev–Trinajstić information content (AvgIpc) is 2.74. The average molecular weight is 277 g/mol. The number of ether oxygens (including phenoxy) is 1. The lowest BCUT2D eigenvalue weighted by atomic mass is 9.76. The van der Waals surface area contributed by atoms with Crippen LogP contribution in [0.5, 0.6) is 0 Å². The van der Waals surface area contributed by atoms with E-state index in [9.17, 15) is 4.79 Å². The highest BCUT2D eigenvalue weighted by Crippen LogP contribution is 2.36. The minimum absolute atomic E-state index is 0.111. The predicted octanol–water partition coefficient (Wildman–Crippen LogP) is 4.09. The molecule has 1 aromatic heterocycles. The second kappa shape index (κ2) is 5.43. The van der Waals surface area contributed by atoms with Gasteiger partial charge in [-0.1, -0.05) is 33.3 Å². The highest BCUT2D eigenvalue weighted by Gasteiger charge is 2.31. The number of carbonyl (C=O) groups excluding carboxylic acids is 1. The Balaban J connectivity index is 2.12. The van der Waals surface area contributed by atoms with E-state index in [1.165, 1.54) is 12.0 Å². The van der Waals surface area contributed by atoms with Crippen molar-refractivity contribution in [3.8, 4) is 0 Å². The Morgan fingerprint density at radius 1 is 1.50 bits per heavy atom. The zero-order valence-electron chi connectivity index (χ0n) is 12.9. The predicted molar refractivity (Wildman–Crippen MR) is 76.6 cm³/mol. The molecule has 1 unspecified atom stereocenters. The molecule has 0 fully saturated rings. The monoisotopic (exact) mass is 277 g/mol. The maximum atomic E-state index is 12.2. The summed E-state index contributed by atoms with van der Waals surface area (Å²) in [6, 6.07) is 0. The molecule has 0 bridgehead atoms. The molecule has 0 saturated carbocycles. The van der Waals surface area contributed by atoms with Crippen molar-refractivity contribution in [1.29, 1.82) is 0 Å². The lowest BCUT2D eigenvalue weighted by Crippen LogP contribution is -2.28. The van der Waals surface area contributed by atoms with E-state index < -0.39 is 5.97 Å². The van der Waals surface area contributed by atoms with E-state index in [0.29, 0.717) is 11.5 Å². The highest BCUT2D eigenvalue weighted by atomic mass is 16.5. The van der Waals surface area contributed by atoms with Crippen molar-refractivity contribution >= 4 is 5.97 Å². The van der Waals surface area contributed by atoms with Gasteiger partial charge in [-0.05, 0) is 31.3 Å². The summed E-state index contributed by atoms with van der Waals surface area (Å²) in [4.78, 5) is 16.2. The van der Waals surface area contributed by atoms with Crippen LogP contribution < -0.4 is 0 Å². The largest absolute Gasteiger partial charge is 0.453 e. The van der Waals surface area contributed by atoms with Crippen LogP contribution in [0, 0.1) is 5.41 Å². The van der Waals surface area contributed by atoms with Gasteiger partial charge in [-0.15, -0.1) is 0 Å². The molecule has 1 heterocycles. The van der Waals surface area contributed by atoms with E-state index in [2.05, 4.69) is 25.8 Å². The Kier molecular flexibility index (Phi) is 4.02. The maximum Gasteiger partial charge on any atom is 0.361 e. The number of aromatic nitrogens is 1. The molecular weight excluding hydrogens is 254 g/mol. The van der Waals surface area contributed by atoms with Crippen LogP contribution in [0.4, 0.5) is 0 Å². The number of oxazole rings is 1. The van der Waals surface area contributed by atoms with E-state index in [4.69, 9.17) is 9.15 Å². The van der Waals surface area contributed by atoms with Gasteiger partial charge in [0.15, 0.2) is 12.1 Å². The Morgan fingerprint density at radius 2 is 2.20 bits per heavy atom. The summed E-state index contributed by atoms with van der Waals surface area (Å²) in [5, 5.41) is 0. The third kappa shape index (κ3) is 3.30. The van der Waals surface area contributed by atoms with Gasteiger partial charge in [0.1, 0.15) is 11.9 Å². The minimum atomic E-state index is -0.394. The number of hydrogen-bond acceptors (Lipinski definition) is 4. The number of carbonyl (C=O) groups is 1. The molecule has 110 valence electrons. The molecule has 4 heteroatoms. The summed E-state index contributed by atoms with van der Waals surface area (Å²) in [6.07, 6.45) is 5.05. The van der Waals surface area contributed by atoms with Gasteiger partial charge in [0, 0.05) is 5.92 Å². The summed E-state index contributed by atoms with van der Waals surface area (Å²) in [5.41, 5.74) is 1.73. The maximum absolute atomic E-state index is 12.2. The summed E-state index contributed by atoms with van der Waals surface area (Å²) < 4.78 is 10.9. The lowest BCUT2D eigenvalue weighted by Gasteiger charge is -2.33. The van der Waals surface area contributed by atoms with Crippen LogP contribution in [0.15, 0.2) is 22.5 Å². The van der Waals surface area contributed by atoms with Crippen molar-refractivity contribution in [3.05, 3.63) is 29.5 Å². The molecule has 0 saturated heterocycles. The molecule has 0 N–H and O–H groups in total. The van der Waals surface area contributed by atoms with Crippen molar-refractivity contribution < 1.29 is 13.9 Å². The third-order valence-electron chi connectivity index (χ3n) is 3.55. The van der Waals surface area contributed by atoms with Gasteiger partial charge in [-0.3, -0.25) is 0 Å². The first-order chi connectivity index (χ1) is 9.28. The second-order valence-electron chi connectivity index (χ2n) is 6.72. The first-order valence-corrected chi connectivity index (χ1v) is 7.10. The highest BCUT2D eigenvalue weighted by molar-refractivity contribution is 5.88. The molecule has 0 aliphatic heterocycles. The Bertz CT molecular complexity index is 526. The lowest BCUT2D eigenvalue weighted by molar-refractivity contribution is 0.0275. The fourth-order valence-electron chi connectivity index (χ4n) is 2.89. The number of esters is 1. The van der Waals surface area contributed by atoms with Crippen LogP contribution in [0.1, 0.15) is 69.6 Å². The van der Waals surface area contributed by atoms with Gasteiger partial charge >= 0.3 is 5.97 Å². The van der Waals surface area contributed by atoms with Gasteiger partial charge in [-0.2, -0.15) is 0 Å². The topological polar surface area (TPSA) is 52.3 Å². The molecule has 1 aliphatic rings. The van der Waals surface area contributed by atoms with Crippen molar-refractivity contribution in [3.63, 3.8) is 0 Å². The first-order valence-electron chi connectivity index (χ1n) is 7.10. The molecule has 0 aromatic carbocycles. The van der Waals surface area contributed by atoms with Crippen LogP contribution in [0.3, 0.4) is 0 Å². The Morgan fingerprint density at radius 3 is 2.80 bits per heavy atom. The molecule has 0 amide bonds.